The Labute approximate surface area is 162 Å². The van der Waals surface area contributed by atoms with Gasteiger partial charge >= 0.3 is 0 Å². The highest BCUT2D eigenvalue weighted by Gasteiger charge is 2.13. The van der Waals surface area contributed by atoms with Crippen molar-refractivity contribution < 1.29 is 9.47 Å². The summed E-state index contributed by atoms with van der Waals surface area (Å²) in [7, 11) is 0. The Kier molecular flexibility index (Phi) is 4.61. The van der Waals surface area contributed by atoms with Crippen molar-refractivity contribution in [1.82, 2.24) is 4.98 Å². The second-order valence-electron chi connectivity index (χ2n) is 5.43. The molecule has 0 amide bonds. The average molecular weight is 426 g/mol. The van der Waals surface area contributed by atoms with Crippen molar-refractivity contribution in [2.75, 3.05) is 12.1 Å². The molecule has 26 heavy (non-hydrogen) atoms. The SMILES string of the molecule is N#C/C(=C\Nc1ccc2c(c1)OCO2)c1nc(-c2cccc(Br)c2)cs1. The minimum atomic E-state index is 0.232. The molecule has 1 aliphatic heterocycles. The number of fused-ring (bicyclic) bond motifs is 1. The molecule has 0 saturated carbocycles. The zero-order valence-corrected chi connectivity index (χ0v) is 15.8. The first-order valence-corrected chi connectivity index (χ1v) is 9.38. The van der Waals surface area contributed by atoms with Gasteiger partial charge in [-0.3, -0.25) is 0 Å². The van der Waals surface area contributed by atoms with Crippen molar-refractivity contribution in [1.29, 1.82) is 5.26 Å². The van der Waals surface area contributed by atoms with Crippen LogP contribution in [-0.4, -0.2) is 11.8 Å². The third-order valence-electron chi connectivity index (χ3n) is 3.73. The van der Waals surface area contributed by atoms with E-state index in [-0.39, 0.29) is 6.79 Å². The Balaban J connectivity index is 1.56. The monoisotopic (exact) mass is 425 g/mol. The maximum atomic E-state index is 9.49. The van der Waals surface area contributed by atoms with E-state index in [0.717, 1.165) is 27.2 Å². The van der Waals surface area contributed by atoms with Crippen LogP contribution in [0, 0.1) is 11.3 Å². The van der Waals surface area contributed by atoms with Crippen LogP contribution in [0.1, 0.15) is 5.01 Å². The Morgan fingerprint density at radius 2 is 2.12 bits per heavy atom. The Bertz CT molecular complexity index is 1040. The third-order valence-corrected chi connectivity index (χ3v) is 5.10. The molecule has 7 heteroatoms. The summed E-state index contributed by atoms with van der Waals surface area (Å²) in [6, 6.07) is 15.6. The quantitative estimate of drug-likeness (QED) is 0.576. The van der Waals surface area contributed by atoms with E-state index < -0.39 is 0 Å². The first-order valence-electron chi connectivity index (χ1n) is 7.71. The average Bonchev–Trinajstić information content (AvgIpc) is 3.31. The molecule has 0 atom stereocenters. The lowest BCUT2D eigenvalue weighted by atomic mass is 10.2. The predicted octanol–water partition coefficient (Wildman–Crippen LogP) is 5.28. The summed E-state index contributed by atoms with van der Waals surface area (Å²) in [6.07, 6.45) is 1.65. The summed E-state index contributed by atoms with van der Waals surface area (Å²) in [5.41, 5.74) is 3.12. The highest BCUT2D eigenvalue weighted by atomic mass is 79.9. The zero-order valence-electron chi connectivity index (χ0n) is 13.4. The topological polar surface area (TPSA) is 67.2 Å². The van der Waals surface area contributed by atoms with E-state index in [2.05, 4.69) is 32.3 Å². The molecule has 1 N–H and O–H groups in total. The van der Waals surface area contributed by atoms with Gasteiger partial charge in [0.15, 0.2) is 11.5 Å². The number of ether oxygens (including phenoxy) is 2. The Hall–Kier alpha value is -2.82. The summed E-state index contributed by atoms with van der Waals surface area (Å²) in [5.74, 6) is 1.41. The van der Waals surface area contributed by atoms with Crippen LogP contribution in [0.2, 0.25) is 0 Å². The van der Waals surface area contributed by atoms with E-state index in [1.807, 2.05) is 47.8 Å². The van der Waals surface area contributed by atoms with Gasteiger partial charge in [-0.05, 0) is 24.3 Å². The molecular formula is C19H12BrN3O2S. The van der Waals surface area contributed by atoms with Crippen LogP contribution in [0.4, 0.5) is 5.69 Å². The first-order chi connectivity index (χ1) is 12.7. The van der Waals surface area contributed by atoms with Gasteiger partial charge in [0.1, 0.15) is 16.6 Å². The highest BCUT2D eigenvalue weighted by molar-refractivity contribution is 9.10. The number of anilines is 1. The predicted molar refractivity (Wildman–Crippen MR) is 105 cm³/mol. The van der Waals surface area contributed by atoms with Gasteiger partial charge in [0.2, 0.25) is 6.79 Å². The number of nitrogens with one attached hydrogen (secondary N) is 1. The minimum absolute atomic E-state index is 0.232. The number of halogens is 1. The third kappa shape index (κ3) is 3.43. The van der Waals surface area contributed by atoms with Crippen LogP contribution in [0.15, 0.2) is 58.5 Å². The molecule has 0 spiro atoms. The fourth-order valence-electron chi connectivity index (χ4n) is 2.46. The zero-order chi connectivity index (χ0) is 17.9. The smallest absolute Gasteiger partial charge is 0.231 e. The number of hydrogen-bond donors (Lipinski definition) is 1. The standard InChI is InChI=1S/C19H12BrN3O2S/c20-14-3-1-2-12(6-14)16-10-26-19(23-16)13(8-21)9-22-15-4-5-17-18(7-15)25-11-24-17/h1-7,9-10,22H,11H2/b13-9+. The van der Waals surface area contributed by atoms with E-state index >= 15 is 0 Å². The molecule has 0 bridgehead atoms. The molecule has 1 aromatic heterocycles. The number of allylic oxidation sites excluding steroid dienone is 1. The lowest BCUT2D eigenvalue weighted by Crippen LogP contribution is -1.93. The van der Waals surface area contributed by atoms with E-state index in [9.17, 15) is 5.26 Å². The maximum absolute atomic E-state index is 9.49. The molecule has 2 aromatic carbocycles. The van der Waals surface area contributed by atoms with Crippen LogP contribution >= 0.6 is 27.3 Å². The second-order valence-corrected chi connectivity index (χ2v) is 7.20. The van der Waals surface area contributed by atoms with Crippen LogP contribution in [0.3, 0.4) is 0 Å². The summed E-state index contributed by atoms with van der Waals surface area (Å²) in [5, 5.41) is 15.2. The number of nitrogens with zero attached hydrogens (tertiary/aromatic N) is 2. The van der Waals surface area contributed by atoms with Crippen molar-refractivity contribution in [3.8, 4) is 28.8 Å². The fraction of sp³-hybridized carbons (Fsp3) is 0.0526. The van der Waals surface area contributed by atoms with Gasteiger partial charge < -0.3 is 14.8 Å². The lowest BCUT2D eigenvalue weighted by Gasteiger charge is -2.03. The van der Waals surface area contributed by atoms with Crippen molar-refractivity contribution in [2.45, 2.75) is 0 Å². The molecule has 1 aliphatic rings. The normalized spacial score (nSPS) is 12.7. The van der Waals surface area contributed by atoms with E-state index in [1.165, 1.54) is 11.3 Å². The van der Waals surface area contributed by atoms with Crippen LogP contribution in [0.5, 0.6) is 11.5 Å². The molecular weight excluding hydrogens is 414 g/mol. The number of thiazole rings is 1. The molecule has 0 saturated heterocycles. The van der Waals surface area contributed by atoms with Gasteiger partial charge in [-0.1, -0.05) is 28.1 Å². The van der Waals surface area contributed by atoms with E-state index in [1.54, 1.807) is 6.20 Å². The first kappa shape index (κ1) is 16.6. The number of rotatable bonds is 4. The maximum Gasteiger partial charge on any atom is 0.231 e. The van der Waals surface area contributed by atoms with Crippen LogP contribution < -0.4 is 14.8 Å². The van der Waals surface area contributed by atoms with Crippen LogP contribution in [0.25, 0.3) is 16.8 Å². The molecule has 4 rings (SSSR count). The Morgan fingerprint density at radius 1 is 1.23 bits per heavy atom. The van der Waals surface area contributed by atoms with Crippen molar-refractivity contribution >= 4 is 38.5 Å². The van der Waals surface area contributed by atoms with E-state index in [0.29, 0.717) is 16.3 Å². The lowest BCUT2D eigenvalue weighted by molar-refractivity contribution is 0.174. The molecule has 0 aliphatic carbocycles. The number of benzene rings is 2. The molecule has 5 nitrogen and oxygen atoms in total. The fourth-order valence-corrected chi connectivity index (χ4v) is 3.66. The van der Waals surface area contributed by atoms with Gasteiger partial charge in [-0.15, -0.1) is 11.3 Å². The summed E-state index contributed by atoms with van der Waals surface area (Å²) in [6.45, 7) is 0.232. The largest absolute Gasteiger partial charge is 0.454 e. The highest BCUT2D eigenvalue weighted by Crippen LogP contribution is 2.34. The van der Waals surface area contributed by atoms with Gasteiger partial charge in [-0.2, -0.15) is 5.26 Å². The summed E-state index contributed by atoms with van der Waals surface area (Å²) >= 11 is 4.90. The van der Waals surface area contributed by atoms with Crippen molar-refractivity contribution in [2.24, 2.45) is 0 Å². The second kappa shape index (κ2) is 7.20. The van der Waals surface area contributed by atoms with Crippen molar-refractivity contribution in [3.63, 3.8) is 0 Å². The number of aromatic nitrogens is 1. The molecule has 0 fully saturated rings. The van der Waals surface area contributed by atoms with Crippen molar-refractivity contribution in [3.05, 3.63) is 63.5 Å². The summed E-state index contributed by atoms with van der Waals surface area (Å²) in [4.78, 5) is 4.59. The molecule has 2 heterocycles. The van der Waals surface area contributed by atoms with E-state index in [4.69, 9.17) is 9.47 Å². The molecule has 128 valence electrons. The van der Waals surface area contributed by atoms with Gasteiger partial charge in [0.05, 0.1) is 5.69 Å². The Morgan fingerprint density at radius 3 is 2.96 bits per heavy atom. The number of nitriles is 1. The van der Waals surface area contributed by atoms with Gasteiger partial charge in [0.25, 0.3) is 0 Å². The number of hydrogen-bond acceptors (Lipinski definition) is 6. The van der Waals surface area contributed by atoms with Gasteiger partial charge in [0, 0.05) is 33.4 Å². The molecule has 3 aromatic rings. The summed E-state index contributed by atoms with van der Waals surface area (Å²) < 4.78 is 11.6. The minimum Gasteiger partial charge on any atom is -0.454 e. The van der Waals surface area contributed by atoms with Crippen LogP contribution in [-0.2, 0) is 0 Å². The molecule has 0 unspecified atom stereocenters. The molecule has 0 radical (unpaired) electrons. The van der Waals surface area contributed by atoms with Gasteiger partial charge in [-0.25, -0.2) is 4.98 Å².